The van der Waals surface area contributed by atoms with Crippen molar-refractivity contribution in [1.82, 2.24) is 9.97 Å². The van der Waals surface area contributed by atoms with Crippen molar-refractivity contribution in [2.75, 3.05) is 11.1 Å². The number of fused-ring (bicyclic) bond motifs is 1. The molecule has 0 radical (unpaired) electrons. The number of nitrogens with one attached hydrogen (secondary N) is 1. The van der Waals surface area contributed by atoms with Crippen LogP contribution in [0.1, 0.15) is 10.4 Å². The molecule has 0 bridgehead atoms. The maximum Gasteiger partial charge on any atom is 0.257 e. The molecule has 0 atom stereocenters. The fourth-order valence-corrected chi connectivity index (χ4v) is 2.19. The number of aromatic nitrogens is 2. The number of amides is 1. The number of anilines is 2. The molecule has 0 aliphatic heterocycles. The molecule has 2 heterocycles. The van der Waals surface area contributed by atoms with Crippen LogP contribution in [0.25, 0.3) is 10.9 Å². The number of hydrogen-bond acceptors (Lipinski definition) is 4. The standard InChI is InChI=1S/C15H11ClN4O/c16-11-4-5-12(14-10(11)2-1-7-18-14)20-15(21)9-3-6-13(17)19-8-9/h1-8H,(H2,17,19)(H,20,21). The van der Waals surface area contributed by atoms with Crippen LogP contribution in [0.2, 0.25) is 5.02 Å². The summed E-state index contributed by atoms with van der Waals surface area (Å²) in [6, 6.07) is 10.3. The zero-order valence-electron chi connectivity index (χ0n) is 10.9. The highest BCUT2D eigenvalue weighted by atomic mass is 35.5. The summed E-state index contributed by atoms with van der Waals surface area (Å²) in [6.45, 7) is 0. The Morgan fingerprint density at radius 1 is 1.14 bits per heavy atom. The van der Waals surface area contributed by atoms with E-state index in [2.05, 4.69) is 15.3 Å². The zero-order chi connectivity index (χ0) is 14.8. The topological polar surface area (TPSA) is 80.9 Å². The summed E-state index contributed by atoms with van der Waals surface area (Å²) < 4.78 is 0. The average Bonchev–Trinajstić information content (AvgIpc) is 2.51. The van der Waals surface area contributed by atoms with Crippen molar-refractivity contribution in [3.63, 3.8) is 0 Å². The van der Waals surface area contributed by atoms with Gasteiger partial charge in [-0.25, -0.2) is 4.98 Å². The van der Waals surface area contributed by atoms with Crippen molar-refractivity contribution in [2.24, 2.45) is 0 Å². The van der Waals surface area contributed by atoms with Crippen LogP contribution in [0.15, 0.2) is 48.8 Å². The smallest absolute Gasteiger partial charge is 0.257 e. The molecule has 0 spiro atoms. The highest BCUT2D eigenvalue weighted by Crippen LogP contribution is 2.28. The van der Waals surface area contributed by atoms with Gasteiger partial charge in [-0.3, -0.25) is 9.78 Å². The van der Waals surface area contributed by atoms with Crippen LogP contribution in [-0.4, -0.2) is 15.9 Å². The van der Waals surface area contributed by atoms with Crippen LogP contribution in [0.5, 0.6) is 0 Å². The normalized spacial score (nSPS) is 10.5. The zero-order valence-corrected chi connectivity index (χ0v) is 11.6. The first-order valence-corrected chi connectivity index (χ1v) is 6.59. The van der Waals surface area contributed by atoms with Crippen molar-refractivity contribution in [3.05, 3.63) is 59.4 Å². The maximum absolute atomic E-state index is 12.2. The summed E-state index contributed by atoms with van der Waals surface area (Å²) >= 11 is 6.12. The highest BCUT2D eigenvalue weighted by Gasteiger charge is 2.10. The number of pyridine rings is 2. The van der Waals surface area contributed by atoms with Gasteiger partial charge in [0.1, 0.15) is 5.82 Å². The van der Waals surface area contributed by atoms with Gasteiger partial charge in [-0.05, 0) is 36.4 Å². The molecule has 3 N–H and O–H groups in total. The van der Waals surface area contributed by atoms with E-state index in [1.54, 1.807) is 36.5 Å². The number of halogens is 1. The second-order valence-electron chi connectivity index (χ2n) is 4.42. The van der Waals surface area contributed by atoms with Gasteiger partial charge in [0.05, 0.1) is 21.8 Å². The monoisotopic (exact) mass is 298 g/mol. The third kappa shape index (κ3) is 2.64. The van der Waals surface area contributed by atoms with E-state index in [1.165, 1.54) is 6.20 Å². The number of nitrogens with two attached hydrogens (primary N) is 1. The molecule has 3 aromatic rings. The SMILES string of the molecule is Nc1ccc(C(=O)Nc2ccc(Cl)c3cccnc23)cn1. The Hall–Kier alpha value is -2.66. The second kappa shape index (κ2) is 5.38. The summed E-state index contributed by atoms with van der Waals surface area (Å²) in [5, 5.41) is 4.18. The van der Waals surface area contributed by atoms with Crippen molar-refractivity contribution in [2.45, 2.75) is 0 Å². The first-order valence-electron chi connectivity index (χ1n) is 6.21. The number of rotatable bonds is 2. The molecule has 0 aliphatic rings. The number of nitrogens with zero attached hydrogens (tertiary/aromatic N) is 2. The fourth-order valence-electron chi connectivity index (χ4n) is 1.97. The fraction of sp³-hybridized carbons (Fsp3) is 0. The maximum atomic E-state index is 12.2. The van der Waals surface area contributed by atoms with E-state index in [-0.39, 0.29) is 5.91 Å². The molecular weight excluding hydrogens is 288 g/mol. The van der Waals surface area contributed by atoms with Gasteiger partial charge in [0.15, 0.2) is 0 Å². The van der Waals surface area contributed by atoms with E-state index in [9.17, 15) is 4.79 Å². The first kappa shape index (κ1) is 13.3. The van der Waals surface area contributed by atoms with Crippen molar-refractivity contribution in [3.8, 4) is 0 Å². The lowest BCUT2D eigenvalue weighted by atomic mass is 10.2. The molecule has 0 aliphatic carbocycles. The largest absolute Gasteiger partial charge is 0.384 e. The summed E-state index contributed by atoms with van der Waals surface area (Å²) in [5.74, 6) is 0.0851. The number of benzene rings is 1. The summed E-state index contributed by atoms with van der Waals surface area (Å²) in [6.07, 6.45) is 3.08. The minimum absolute atomic E-state index is 0.281. The van der Waals surface area contributed by atoms with Crippen LogP contribution in [-0.2, 0) is 0 Å². The van der Waals surface area contributed by atoms with E-state index in [4.69, 9.17) is 17.3 Å². The molecule has 0 saturated carbocycles. The van der Waals surface area contributed by atoms with Gasteiger partial charge in [-0.1, -0.05) is 11.6 Å². The van der Waals surface area contributed by atoms with E-state index in [0.29, 0.717) is 27.6 Å². The van der Waals surface area contributed by atoms with Gasteiger partial charge in [0, 0.05) is 17.8 Å². The molecule has 1 amide bonds. The Bertz CT molecular complexity index is 818. The molecule has 1 aromatic carbocycles. The molecule has 2 aromatic heterocycles. The van der Waals surface area contributed by atoms with Gasteiger partial charge in [-0.15, -0.1) is 0 Å². The molecule has 21 heavy (non-hydrogen) atoms. The Kier molecular flexibility index (Phi) is 3.41. The Labute approximate surface area is 125 Å². The molecule has 0 fully saturated rings. The van der Waals surface area contributed by atoms with Crippen LogP contribution >= 0.6 is 11.6 Å². The van der Waals surface area contributed by atoms with Gasteiger partial charge >= 0.3 is 0 Å². The lowest BCUT2D eigenvalue weighted by molar-refractivity contribution is 0.102. The first-order chi connectivity index (χ1) is 10.1. The molecule has 5 nitrogen and oxygen atoms in total. The number of carbonyl (C=O) groups is 1. The van der Waals surface area contributed by atoms with Gasteiger partial charge in [0.25, 0.3) is 5.91 Å². The summed E-state index contributed by atoms with van der Waals surface area (Å²) in [4.78, 5) is 20.4. The van der Waals surface area contributed by atoms with E-state index >= 15 is 0 Å². The third-order valence-corrected chi connectivity index (χ3v) is 3.34. The Morgan fingerprint density at radius 2 is 2.00 bits per heavy atom. The van der Waals surface area contributed by atoms with Crippen LogP contribution in [0.4, 0.5) is 11.5 Å². The van der Waals surface area contributed by atoms with Crippen molar-refractivity contribution >= 4 is 39.9 Å². The van der Waals surface area contributed by atoms with E-state index in [1.807, 2.05) is 6.07 Å². The van der Waals surface area contributed by atoms with Crippen molar-refractivity contribution in [1.29, 1.82) is 0 Å². The minimum atomic E-state index is -0.281. The van der Waals surface area contributed by atoms with E-state index in [0.717, 1.165) is 5.39 Å². The predicted octanol–water partition coefficient (Wildman–Crippen LogP) is 3.12. The second-order valence-corrected chi connectivity index (χ2v) is 4.83. The Morgan fingerprint density at radius 3 is 2.76 bits per heavy atom. The van der Waals surface area contributed by atoms with Gasteiger partial charge in [-0.2, -0.15) is 0 Å². The van der Waals surface area contributed by atoms with Crippen LogP contribution < -0.4 is 11.1 Å². The molecule has 6 heteroatoms. The third-order valence-electron chi connectivity index (χ3n) is 3.01. The van der Waals surface area contributed by atoms with Crippen LogP contribution in [0.3, 0.4) is 0 Å². The lowest BCUT2D eigenvalue weighted by Crippen LogP contribution is -2.13. The van der Waals surface area contributed by atoms with Gasteiger partial charge in [0.2, 0.25) is 0 Å². The highest BCUT2D eigenvalue weighted by molar-refractivity contribution is 6.36. The molecule has 0 saturated heterocycles. The molecule has 104 valence electrons. The summed E-state index contributed by atoms with van der Waals surface area (Å²) in [7, 11) is 0. The van der Waals surface area contributed by atoms with Gasteiger partial charge < -0.3 is 11.1 Å². The predicted molar refractivity (Wildman–Crippen MR) is 83.4 cm³/mol. The number of hydrogen-bond donors (Lipinski definition) is 2. The minimum Gasteiger partial charge on any atom is -0.384 e. The van der Waals surface area contributed by atoms with Crippen LogP contribution in [0, 0.1) is 0 Å². The van der Waals surface area contributed by atoms with Crippen molar-refractivity contribution < 1.29 is 4.79 Å². The lowest BCUT2D eigenvalue weighted by Gasteiger charge is -2.09. The quantitative estimate of drug-likeness (QED) is 0.761. The molecular formula is C15H11ClN4O. The number of nitrogen functional groups attached to an aromatic ring is 1. The Balaban J connectivity index is 1.97. The summed E-state index contributed by atoms with van der Waals surface area (Å²) in [5.41, 5.74) is 7.16. The molecule has 3 rings (SSSR count). The van der Waals surface area contributed by atoms with E-state index < -0.39 is 0 Å². The average molecular weight is 299 g/mol. The molecule has 0 unspecified atom stereocenters. The number of carbonyl (C=O) groups excluding carboxylic acids is 1.